The van der Waals surface area contributed by atoms with Gasteiger partial charge in [-0.15, -0.1) is 0 Å². The summed E-state index contributed by atoms with van der Waals surface area (Å²) in [6, 6.07) is 0.203. The zero-order chi connectivity index (χ0) is 11.8. The van der Waals surface area contributed by atoms with Gasteiger partial charge in [-0.1, -0.05) is 6.92 Å². The van der Waals surface area contributed by atoms with Crippen molar-refractivity contribution in [1.29, 1.82) is 0 Å². The van der Waals surface area contributed by atoms with Crippen LogP contribution in [-0.4, -0.2) is 50.1 Å². The topological polar surface area (TPSA) is 44.4 Å². The van der Waals surface area contributed by atoms with Crippen LogP contribution in [0.4, 0.5) is 0 Å². The second kappa shape index (κ2) is 7.65. The van der Waals surface area contributed by atoms with Gasteiger partial charge in [-0.05, 0) is 34.4 Å². The van der Waals surface area contributed by atoms with Crippen molar-refractivity contribution in [1.82, 2.24) is 15.5 Å². The highest BCUT2D eigenvalue weighted by molar-refractivity contribution is 5.81. The molecule has 2 atom stereocenters. The predicted octanol–water partition coefficient (Wildman–Crippen LogP) is 0.441. The summed E-state index contributed by atoms with van der Waals surface area (Å²) in [6.07, 6.45) is 0.978. The van der Waals surface area contributed by atoms with Crippen LogP contribution >= 0.6 is 0 Å². The van der Waals surface area contributed by atoms with E-state index in [0.717, 1.165) is 19.5 Å². The molecule has 1 amide bonds. The lowest BCUT2D eigenvalue weighted by Crippen LogP contribution is -2.48. The first-order valence-electron chi connectivity index (χ1n) is 5.65. The zero-order valence-electron chi connectivity index (χ0n) is 10.6. The third-order valence-electron chi connectivity index (χ3n) is 2.12. The van der Waals surface area contributed by atoms with Gasteiger partial charge in [0.05, 0.1) is 6.04 Å². The molecule has 0 rings (SSSR count). The fourth-order valence-corrected chi connectivity index (χ4v) is 1.50. The molecule has 0 aliphatic heterocycles. The molecular formula is C11H25N3O. The predicted molar refractivity (Wildman–Crippen MR) is 63.9 cm³/mol. The number of carbonyl (C=O) groups excluding carboxylic acids is 1. The van der Waals surface area contributed by atoms with Gasteiger partial charge in [0.2, 0.25) is 5.91 Å². The van der Waals surface area contributed by atoms with E-state index in [9.17, 15) is 4.79 Å². The highest BCUT2D eigenvalue weighted by Gasteiger charge is 2.14. The summed E-state index contributed by atoms with van der Waals surface area (Å²) in [4.78, 5) is 13.6. The molecule has 4 heteroatoms. The maximum atomic E-state index is 11.5. The molecule has 15 heavy (non-hydrogen) atoms. The smallest absolute Gasteiger partial charge is 0.236 e. The third-order valence-corrected chi connectivity index (χ3v) is 2.12. The average molecular weight is 215 g/mol. The molecule has 0 aliphatic carbocycles. The minimum atomic E-state index is -0.119. The van der Waals surface area contributed by atoms with Crippen molar-refractivity contribution in [3.05, 3.63) is 0 Å². The molecule has 0 aromatic heterocycles. The Morgan fingerprint density at radius 3 is 2.40 bits per heavy atom. The van der Waals surface area contributed by atoms with E-state index in [1.54, 1.807) is 0 Å². The molecule has 2 unspecified atom stereocenters. The van der Waals surface area contributed by atoms with Gasteiger partial charge in [0.25, 0.3) is 0 Å². The summed E-state index contributed by atoms with van der Waals surface area (Å²) in [5, 5.41) is 6.14. The fourth-order valence-electron chi connectivity index (χ4n) is 1.50. The molecule has 0 aliphatic rings. The van der Waals surface area contributed by atoms with Crippen LogP contribution in [-0.2, 0) is 4.79 Å². The van der Waals surface area contributed by atoms with Crippen molar-refractivity contribution < 1.29 is 4.79 Å². The molecule has 0 aromatic rings. The van der Waals surface area contributed by atoms with Crippen LogP contribution in [0.3, 0.4) is 0 Å². The average Bonchev–Trinajstić information content (AvgIpc) is 2.12. The normalized spacial score (nSPS) is 15.1. The second-order valence-electron chi connectivity index (χ2n) is 4.34. The Kier molecular flexibility index (Phi) is 7.34. The highest BCUT2D eigenvalue weighted by atomic mass is 16.2. The van der Waals surface area contributed by atoms with Gasteiger partial charge >= 0.3 is 0 Å². The van der Waals surface area contributed by atoms with Crippen LogP contribution in [0.5, 0.6) is 0 Å². The van der Waals surface area contributed by atoms with Gasteiger partial charge in [0, 0.05) is 19.1 Å². The van der Waals surface area contributed by atoms with Gasteiger partial charge in [-0.2, -0.15) is 0 Å². The first kappa shape index (κ1) is 14.4. The lowest BCUT2D eigenvalue weighted by atomic mass is 10.2. The molecule has 90 valence electrons. The molecule has 0 aromatic carbocycles. The first-order chi connectivity index (χ1) is 6.97. The molecule has 4 nitrogen and oxygen atoms in total. The standard InChI is InChI=1S/C11H25N3O/c1-6-7-12-11(15)10(3)13-9(2)8-14(4)5/h9-10,13H,6-8H2,1-5H3,(H,12,15). The number of carbonyl (C=O) groups is 1. The number of likely N-dealkylation sites (N-methyl/N-ethyl adjacent to an activating group) is 1. The van der Waals surface area contributed by atoms with Crippen molar-refractivity contribution in [2.75, 3.05) is 27.2 Å². The van der Waals surface area contributed by atoms with Crippen molar-refractivity contribution >= 4 is 5.91 Å². The van der Waals surface area contributed by atoms with Crippen LogP contribution in [0, 0.1) is 0 Å². The van der Waals surface area contributed by atoms with Gasteiger partial charge in [-0.3, -0.25) is 4.79 Å². The summed E-state index contributed by atoms with van der Waals surface area (Å²) < 4.78 is 0. The third kappa shape index (κ3) is 7.33. The van der Waals surface area contributed by atoms with E-state index >= 15 is 0 Å². The van der Waals surface area contributed by atoms with E-state index < -0.39 is 0 Å². The molecular weight excluding hydrogens is 190 g/mol. The van der Waals surface area contributed by atoms with Crippen molar-refractivity contribution in [3.63, 3.8) is 0 Å². The summed E-state index contributed by atoms with van der Waals surface area (Å²) in [5.74, 6) is 0.0856. The van der Waals surface area contributed by atoms with Gasteiger partial charge < -0.3 is 15.5 Å². The second-order valence-corrected chi connectivity index (χ2v) is 4.34. The number of amides is 1. The van der Waals surface area contributed by atoms with Crippen molar-refractivity contribution in [2.45, 2.75) is 39.3 Å². The SMILES string of the molecule is CCCNC(=O)C(C)NC(C)CN(C)C. The van der Waals surface area contributed by atoms with E-state index in [1.807, 2.05) is 27.9 Å². The number of hydrogen-bond donors (Lipinski definition) is 2. The Morgan fingerprint density at radius 1 is 1.33 bits per heavy atom. The lowest BCUT2D eigenvalue weighted by Gasteiger charge is -2.22. The van der Waals surface area contributed by atoms with E-state index in [1.165, 1.54) is 0 Å². The minimum Gasteiger partial charge on any atom is -0.355 e. The van der Waals surface area contributed by atoms with Crippen molar-refractivity contribution in [3.8, 4) is 0 Å². The fraction of sp³-hybridized carbons (Fsp3) is 0.909. The largest absolute Gasteiger partial charge is 0.355 e. The van der Waals surface area contributed by atoms with E-state index in [-0.39, 0.29) is 11.9 Å². The Labute approximate surface area is 93.4 Å². The molecule has 0 heterocycles. The zero-order valence-corrected chi connectivity index (χ0v) is 10.6. The van der Waals surface area contributed by atoms with E-state index in [0.29, 0.717) is 6.04 Å². The number of rotatable bonds is 7. The molecule has 0 bridgehead atoms. The number of hydrogen-bond acceptors (Lipinski definition) is 3. The summed E-state index contributed by atoms with van der Waals surface area (Å²) in [7, 11) is 4.06. The van der Waals surface area contributed by atoms with Crippen LogP contribution in [0.25, 0.3) is 0 Å². The Morgan fingerprint density at radius 2 is 1.93 bits per heavy atom. The molecule has 0 spiro atoms. The molecule has 0 radical (unpaired) electrons. The van der Waals surface area contributed by atoms with E-state index in [4.69, 9.17) is 0 Å². The van der Waals surface area contributed by atoms with Crippen LogP contribution in [0.15, 0.2) is 0 Å². The summed E-state index contributed by atoms with van der Waals surface area (Å²) >= 11 is 0. The van der Waals surface area contributed by atoms with Gasteiger partial charge in [0.15, 0.2) is 0 Å². The summed E-state index contributed by atoms with van der Waals surface area (Å²) in [5.41, 5.74) is 0. The first-order valence-corrected chi connectivity index (χ1v) is 5.65. The van der Waals surface area contributed by atoms with Crippen LogP contribution < -0.4 is 10.6 Å². The maximum absolute atomic E-state index is 11.5. The minimum absolute atomic E-state index is 0.0856. The lowest BCUT2D eigenvalue weighted by molar-refractivity contribution is -0.122. The molecule has 0 saturated heterocycles. The quantitative estimate of drug-likeness (QED) is 0.648. The van der Waals surface area contributed by atoms with Gasteiger partial charge in [-0.25, -0.2) is 0 Å². The Bertz CT molecular complexity index is 183. The number of nitrogens with one attached hydrogen (secondary N) is 2. The number of nitrogens with zero attached hydrogens (tertiary/aromatic N) is 1. The van der Waals surface area contributed by atoms with Crippen molar-refractivity contribution in [2.24, 2.45) is 0 Å². The molecule has 2 N–H and O–H groups in total. The highest BCUT2D eigenvalue weighted by Crippen LogP contribution is 1.90. The Balaban J connectivity index is 3.79. The molecule has 0 fully saturated rings. The Hall–Kier alpha value is -0.610. The molecule has 0 saturated carbocycles. The van der Waals surface area contributed by atoms with Crippen LogP contribution in [0.2, 0.25) is 0 Å². The van der Waals surface area contributed by atoms with Crippen LogP contribution in [0.1, 0.15) is 27.2 Å². The van der Waals surface area contributed by atoms with Gasteiger partial charge in [0.1, 0.15) is 0 Å². The summed E-state index contributed by atoms with van der Waals surface area (Å²) in [6.45, 7) is 7.73. The monoisotopic (exact) mass is 215 g/mol. The maximum Gasteiger partial charge on any atom is 0.236 e. The van der Waals surface area contributed by atoms with E-state index in [2.05, 4.69) is 22.5 Å².